The van der Waals surface area contributed by atoms with E-state index in [1.807, 2.05) is 18.3 Å². The SMILES string of the molecule is CCNC(=NCCc1ccccn1)N1CCN(c2ccccc2)CC1. The van der Waals surface area contributed by atoms with Crippen molar-refractivity contribution in [3.05, 3.63) is 60.4 Å². The molecule has 0 unspecified atom stereocenters. The lowest BCUT2D eigenvalue weighted by atomic mass is 10.2. The van der Waals surface area contributed by atoms with Crippen LogP contribution >= 0.6 is 0 Å². The zero-order chi connectivity index (χ0) is 17.3. The number of para-hydroxylation sites is 1. The Balaban J connectivity index is 1.55. The van der Waals surface area contributed by atoms with Crippen LogP contribution in [0.25, 0.3) is 0 Å². The van der Waals surface area contributed by atoms with E-state index in [9.17, 15) is 0 Å². The van der Waals surface area contributed by atoms with Gasteiger partial charge in [0.25, 0.3) is 0 Å². The van der Waals surface area contributed by atoms with Crippen molar-refractivity contribution in [1.82, 2.24) is 15.2 Å². The number of guanidine groups is 1. The summed E-state index contributed by atoms with van der Waals surface area (Å²) in [6, 6.07) is 16.7. The van der Waals surface area contributed by atoms with Gasteiger partial charge in [0.2, 0.25) is 0 Å². The van der Waals surface area contributed by atoms with E-state index in [2.05, 4.69) is 63.4 Å². The molecule has 0 aliphatic carbocycles. The molecule has 0 radical (unpaired) electrons. The summed E-state index contributed by atoms with van der Waals surface area (Å²) in [6.07, 6.45) is 2.72. The number of aliphatic imine (C=N–C) groups is 1. The van der Waals surface area contributed by atoms with Crippen molar-refractivity contribution in [2.75, 3.05) is 44.2 Å². The second-order valence-corrected chi connectivity index (χ2v) is 6.12. The maximum Gasteiger partial charge on any atom is 0.194 e. The van der Waals surface area contributed by atoms with Crippen LogP contribution in [-0.4, -0.2) is 55.1 Å². The number of anilines is 1. The standard InChI is InChI=1S/C20H27N5/c1-2-21-20(23-13-11-18-8-6-7-12-22-18)25-16-14-24(15-17-25)19-9-4-3-5-10-19/h3-10,12H,2,11,13-17H2,1H3,(H,21,23). The maximum atomic E-state index is 4.80. The van der Waals surface area contributed by atoms with Crippen LogP contribution in [0.5, 0.6) is 0 Å². The average Bonchev–Trinajstić information content (AvgIpc) is 2.69. The predicted molar refractivity (Wildman–Crippen MR) is 104 cm³/mol. The minimum Gasteiger partial charge on any atom is -0.368 e. The van der Waals surface area contributed by atoms with E-state index >= 15 is 0 Å². The van der Waals surface area contributed by atoms with Gasteiger partial charge in [0.1, 0.15) is 0 Å². The van der Waals surface area contributed by atoms with Crippen LogP contribution in [0.2, 0.25) is 0 Å². The van der Waals surface area contributed by atoms with Crippen molar-refractivity contribution in [2.24, 2.45) is 4.99 Å². The first-order valence-electron chi connectivity index (χ1n) is 9.10. The van der Waals surface area contributed by atoms with E-state index < -0.39 is 0 Å². The minimum atomic E-state index is 0.762. The summed E-state index contributed by atoms with van der Waals surface area (Å²) in [5, 5.41) is 3.43. The molecular formula is C20H27N5. The molecule has 2 aromatic rings. The molecule has 1 fully saturated rings. The third-order valence-corrected chi connectivity index (χ3v) is 4.39. The predicted octanol–water partition coefficient (Wildman–Crippen LogP) is 2.41. The summed E-state index contributed by atoms with van der Waals surface area (Å²) < 4.78 is 0. The Morgan fingerprint density at radius 3 is 2.48 bits per heavy atom. The summed E-state index contributed by atoms with van der Waals surface area (Å²) in [5.41, 5.74) is 2.40. The van der Waals surface area contributed by atoms with Gasteiger partial charge in [-0.1, -0.05) is 24.3 Å². The van der Waals surface area contributed by atoms with E-state index in [4.69, 9.17) is 4.99 Å². The Kier molecular flexibility index (Phi) is 6.26. The van der Waals surface area contributed by atoms with Crippen LogP contribution in [0.1, 0.15) is 12.6 Å². The zero-order valence-electron chi connectivity index (χ0n) is 14.9. The fourth-order valence-electron chi connectivity index (χ4n) is 3.06. The smallest absolute Gasteiger partial charge is 0.194 e. The normalized spacial score (nSPS) is 15.3. The Hall–Kier alpha value is -2.56. The Morgan fingerprint density at radius 1 is 1.04 bits per heavy atom. The Bertz CT molecular complexity index is 648. The molecule has 25 heavy (non-hydrogen) atoms. The van der Waals surface area contributed by atoms with E-state index in [0.717, 1.165) is 57.3 Å². The van der Waals surface area contributed by atoms with Crippen LogP contribution in [0.3, 0.4) is 0 Å². The van der Waals surface area contributed by atoms with Gasteiger partial charge in [-0.2, -0.15) is 0 Å². The van der Waals surface area contributed by atoms with Crippen molar-refractivity contribution < 1.29 is 0 Å². The summed E-state index contributed by atoms with van der Waals surface area (Å²) in [6.45, 7) is 7.80. The first-order chi connectivity index (χ1) is 12.4. The number of aromatic nitrogens is 1. The van der Waals surface area contributed by atoms with Crippen LogP contribution < -0.4 is 10.2 Å². The molecule has 0 atom stereocenters. The lowest BCUT2D eigenvalue weighted by molar-refractivity contribution is 0.372. The van der Waals surface area contributed by atoms with Crippen LogP contribution in [0.15, 0.2) is 59.7 Å². The number of hydrogen-bond donors (Lipinski definition) is 1. The summed E-state index contributed by atoms with van der Waals surface area (Å²) in [7, 11) is 0. The van der Waals surface area contributed by atoms with Gasteiger partial charge in [-0.3, -0.25) is 9.98 Å². The molecule has 1 aromatic heterocycles. The monoisotopic (exact) mass is 337 g/mol. The lowest BCUT2D eigenvalue weighted by Gasteiger charge is -2.37. The summed E-state index contributed by atoms with van der Waals surface area (Å²) in [5.74, 6) is 1.02. The largest absolute Gasteiger partial charge is 0.368 e. The number of hydrogen-bond acceptors (Lipinski definition) is 3. The van der Waals surface area contributed by atoms with Crippen molar-refractivity contribution in [3.8, 4) is 0 Å². The highest BCUT2D eigenvalue weighted by molar-refractivity contribution is 5.80. The third kappa shape index (κ3) is 4.95. The molecule has 1 aromatic carbocycles. The van der Waals surface area contributed by atoms with Gasteiger partial charge in [0.15, 0.2) is 5.96 Å². The molecule has 5 nitrogen and oxygen atoms in total. The van der Waals surface area contributed by atoms with Gasteiger partial charge in [0.05, 0.1) is 0 Å². The highest BCUT2D eigenvalue weighted by Gasteiger charge is 2.19. The van der Waals surface area contributed by atoms with Gasteiger partial charge in [-0.15, -0.1) is 0 Å². The van der Waals surface area contributed by atoms with E-state index in [1.165, 1.54) is 5.69 Å². The number of nitrogens with zero attached hydrogens (tertiary/aromatic N) is 4. The Morgan fingerprint density at radius 2 is 1.80 bits per heavy atom. The molecular weight excluding hydrogens is 310 g/mol. The fraction of sp³-hybridized carbons (Fsp3) is 0.400. The summed E-state index contributed by atoms with van der Waals surface area (Å²) >= 11 is 0. The van der Waals surface area contributed by atoms with Crippen LogP contribution in [0, 0.1) is 0 Å². The molecule has 1 N–H and O–H groups in total. The fourth-order valence-corrected chi connectivity index (χ4v) is 3.06. The lowest BCUT2D eigenvalue weighted by Crippen LogP contribution is -2.52. The first kappa shape index (κ1) is 17.3. The van der Waals surface area contributed by atoms with Gasteiger partial charge in [-0.05, 0) is 31.2 Å². The van der Waals surface area contributed by atoms with E-state index in [1.54, 1.807) is 0 Å². The number of piperazine rings is 1. The second kappa shape index (κ2) is 9.06. The third-order valence-electron chi connectivity index (χ3n) is 4.39. The van der Waals surface area contributed by atoms with E-state index in [-0.39, 0.29) is 0 Å². The second-order valence-electron chi connectivity index (χ2n) is 6.12. The summed E-state index contributed by atoms with van der Waals surface area (Å²) in [4.78, 5) is 14.0. The van der Waals surface area contributed by atoms with Gasteiger partial charge in [-0.25, -0.2) is 0 Å². The molecule has 0 amide bonds. The van der Waals surface area contributed by atoms with Crippen molar-refractivity contribution >= 4 is 11.6 Å². The number of nitrogens with one attached hydrogen (secondary N) is 1. The zero-order valence-corrected chi connectivity index (χ0v) is 14.9. The van der Waals surface area contributed by atoms with Crippen molar-refractivity contribution in [3.63, 3.8) is 0 Å². The Labute approximate surface area is 150 Å². The molecule has 0 saturated carbocycles. The van der Waals surface area contributed by atoms with E-state index in [0.29, 0.717) is 0 Å². The number of benzene rings is 1. The molecule has 2 heterocycles. The first-order valence-corrected chi connectivity index (χ1v) is 9.10. The highest BCUT2D eigenvalue weighted by Crippen LogP contribution is 2.15. The molecule has 1 saturated heterocycles. The van der Waals surface area contributed by atoms with Crippen LogP contribution in [0.4, 0.5) is 5.69 Å². The van der Waals surface area contributed by atoms with Crippen LogP contribution in [-0.2, 0) is 6.42 Å². The van der Waals surface area contributed by atoms with Crippen molar-refractivity contribution in [1.29, 1.82) is 0 Å². The minimum absolute atomic E-state index is 0.762. The number of rotatable bonds is 5. The highest BCUT2D eigenvalue weighted by atomic mass is 15.3. The molecule has 132 valence electrons. The molecule has 1 aliphatic heterocycles. The molecule has 3 rings (SSSR count). The van der Waals surface area contributed by atoms with Gasteiger partial charge < -0.3 is 15.1 Å². The average molecular weight is 337 g/mol. The van der Waals surface area contributed by atoms with Gasteiger partial charge >= 0.3 is 0 Å². The maximum absolute atomic E-state index is 4.80. The molecule has 0 spiro atoms. The molecule has 5 heteroatoms. The van der Waals surface area contributed by atoms with Crippen molar-refractivity contribution in [2.45, 2.75) is 13.3 Å². The topological polar surface area (TPSA) is 43.8 Å². The molecule has 0 bridgehead atoms. The van der Waals surface area contributed by atoms with Gasteiger partial charge in [0, 0.05) is 63.3 Å². The number of pyridine rings is 1. The quantitative estimate of drug-likeness (QED) is 0.672. The molecule has 1 aliphatic rings.